The largest absolute Gasteiger partial charge is 0.385 e. The van der Waals surface area contributed by atoms with Crippen molar-refractivity contribution in [3.63, 3.8) is 0 Å². The highest BCUT2D eigenvalue weighted by Crippen LogP contribution is 2.55. The highest BCUT2D eigenvalue weighted by Gasteiger charge is 2.50. The van der Waals surface area contributed by atoms with Crippen molar-refractivity contribution < 1.29 is 5.11 Å². The first kappa shape index (κ1) is 8.49. The van der Waals surface area contributed by atoms with Gasteiger partial charge in [0.1, 0.15) is 0 Å². The van der Waals surface area contributed by atoms with Crippen molar-refractivity contribution in [3.8, 4) is 0 Å². The van der Waals surface area contributed by atoms with Crippen LogP contribution >= 0.6 is 0 Å². The van der Waals surface area contributed by atoms with Crippen LogP contribution in [0.25, 0.3) is 0 Å². The Kier molecular flexibility index (Phi) is 1.72. The van der Waals surface area contributed by atoms with E-state index >= 15 is 0 Å². The Hall–Kier alpha value is -0.820. The SMILES string of the molecule is O[C@@]1(c2ccccc2)C[C@@H]2CC[C@@H]1C2. The van der Waals surface area contributed by atoms with Gasteiger partial charge in [0.25, 0.3) is 0 Å². The molecule has 14 heavy (non-hydrogen) atoms. The lowest BCUT2D eigenvalue weighted by Crippen LogP contribution is -2.31. The standard InChI is InChI=1S/C13H16O/c14-13(11-4-2-1-3-5-11)9-10-6-7-12(13)8-10/h1-5,10,12,14H,6-9H2/t10-,12-,13-/m1/s1. The number of hydrogen-bond donors (Lipinski definition) is 1. The van der Waals surface area contributed by atoms with Gasteiger partial charge in [0.2, 0.25) is 0 Å². The van der Waals surface area contributed by atoms with Crippen LogP contribution < -0.4 is 0 Å². The monoisotopic (exact) mass is 188 g/mol. The average Bonchev–Trinajstić information content (AvgIpc) is 2.79. The minimum atomic E-state index is -0.496. The Morgan fingerprint density at radius 2 is 1.93 bits per heavy atom. The summed E-state index contributed by atoms with van der Waals surface area (Å²) in [6.45, 7) is 0. The summed E-state index contributed by atoms with van der Waals surface area (Å²) in [4.78, 5) is 0. The van der Waals surface area contributed by atoms with Crippen LogP contribution in [0.5, 0.6) is 0 Å². The molecule has 3 atom stereocenters. The van der Waals surface area contributed by atoms with Gasteiger partial charge >= 0.3 is 0 Å². The van der Waals surface area contributed by atoms with Crippen molar-refractivity contribution in [3.05, 3.63) is 35.9 Å². The Bertz CT molecular complexity index is 332. The number of rotatable bonds is 1. The van der Waals surface area contributed by atoms with Gasteiger partial charge < -0.3 is 5.11 Å². The van der Waals surface area contributed by atoms with Crippen molar-refractivity contribution in [2.75, 3.05) is 0 Å². The fourth-order valence-electron chi connectivity index (χ4n) is 3.38. The maximum atomic E-state index is 10.7. The van der Waals surface area contributed by atoms with E-state index in [4.69, 9.17) is 0 Å². The van der Waals surface area contributed by atoms with E-state index in [1.807, 2.05) is 18.2 Å². The molecule has 1 aromatic carbocycles. The molecular weight excluding hydrogens is 172 g/mol. The van der Waals surface area contributed by atoms with Crippen LogP contribution in [-0.4, -0.2) is 5.11 Å². The molecule has 2 aliphatic rings. The molecule has 2 bridgehead atoms. The van der Waals surface area contributed by atoms with E-state index in [2.05, 4.69) is 12.1 Å². The van der Waals surface area contributed by atoms with Crippen molar-refractivity contribution in [1.29, 1.82) is 0 Å². The number of fused-ring (bicyclic) bond motifs is 2. The van der Waals surface area contributed by atoms with Crippen molar-refractivity contribution in [2.45, 2.75) is 31.3 Å². The maximum absolute atomic E-state index is 10.7. The molecule has 0 amide bonds. The van der Waals surface area contributed by atoms with Gasteiger partial charge in [-0.1, -0.05) is 30.3 Å². The van der Waals surface area contributed by atoms with Crippen LogP contribution in [0.2, 0.25) is 0 Å². The van der Waals surface area contributed by atoms with Crippen LogP contribution in [0.15, 0.2) is 30.3 Å². The Balaban J connectivity index is 1.98. The molecule has 0 unspecified atom stereocenters. The van der Waals surface area contributed by atoms with Gasteiger partial charge in [0.15, 0.2) is 0 Å². The average molecular weight is 188 g/mol. The third-order valence-electron chi connectivity index (χ3n) is 4.09. The zero-order valence-corrected chi connectivity index (χ0v) is 8.32. The molecule has 1 nitrogen and oxygen atoms in total. The molecule has 2 saturated carbocycles. The van der Waals surface area contributed by atoms with Crippen molar-refractivity contribution >= 4 is 0 Å². The molecule has 2 fully saturated rings. The molecule has 0 spiro atoms. The second-order valence-electron chi connectivity index (χ2n) is 4.87. The van der Waals surface area contributed by atoms with Crippen LogP contribution in [0.1, 0.15) is 31.2 Å². The van der Waals surface area contributed by atoms with Crippen LogP contribution in [0, 0.1) is 11.8 Å². The lowest BCUT2D eigenvalue weighted by atomic mass is 9.79. The maximum Gasteiger partial charge on any atom is 0.0927 e. The van der Waals surface area contributed by atoms with Crippen LogP contribution in [-0.2, 0) is 5.60 Å². The Morgan fingerprint density at radius 3 is 2.50 bits per heavy atom. The number of benzene rings is 1. The summed E-state index contributed by atoms with van der Waals surface area (Å²) in [7, 11) is 0. The Morgan fingerprint density at radius 1 is 1.14 bits per heavy atom. The zero-order chi connectivity index (χ0) is 9.60. The first-order valence-corrected chi connectivity index (χ1v) is 5.57. The summed E-state index contributed by atoms with van der Waals surface area (Å²) in [5.41, 5.74) is 0.636. The van der Waals surface area contributed by atoms with E-state index < -0.39 is 5.60 Å². The van der Waals surface area contributed by atoms with Gasteiger partial charge in [-0.25, -0.2) is 0 Å². The molecule has 2 aliphatic carbocycles. The van der Waals surface area contributed by atoms with Gasteiger partial charge in [0.05, 0.1) is 5.60 Å². The molecule has 0 heterocycles. The predicted molar refractivity (Wildman–Crippen MR) is 55.8 cm³/mol. The summed E-state index contributed by atoms with van der Waals surface area (Å²) in [5.74, 6) is 1.31. The minimum absolute atomic E-state index is 0.496. The highest BCUT2D eigenvalue weighted by atomic mass is 16.3. The molecular formula is C13H16O. The molecule has 1 heteroatoms. The quantitative estimate of drug-likeness (QED) is 0.718. The molecule has 0 aromatic heterocycles. The van der Waals surface area contributed by atoms with Gasteiger partial charge in [-0.3, -0.25) is 0 Å². The molecule has 0 saturated heterocycles. The highest BCUT2D eigenvalue weighted by molar-refractivity contribution is 5.26. The van der Waals surface area contributed by atoms with Crippen molar-refractivity contribution in [2.24, 2.45) is 11.8 Å². The van der Waals surface area contributed by atoms with E-state index in [0.29, 0.717) is 5.92 Å². The summed E-state index contributed by atoms with van der Waals surface area (Å²) in [6, 6.07) is 10.2. The van der Waals surface area contributed by atoms with Gasteiger partial charge in [-0.05, 0) is 43.1 Å². The van der Waals surface area contributed by atoms with Gasteiger partial charge in [0, 0.05) is 0 Å². The molecule has 1 aromatic rings. The fourth-order valence-corrected chi connectivity index (χ4v) is 3.38. The lowest BCUT2D eigenvalue weighted by molar-refractivity contribution is -0.0182. The van der Waals surface area contributed by atoms with Gasteiger partial charge in [-0.15, -0.1) is 0 Å². The van der Waals surface area contributed by atoms with E-state index in [9.17, 15) is 5.11 Å². The number of hydrogen-bond acceptors (Lipinski definition) is 1. The molecule has 1 N–H and O–H groups in total. The molecule has 0 radical (unpaired) electrons. The molecule has 0 aliphatic heterocycles. The van der Waals surface area contributed by atoms with Gasteiger partial charge in [-0.2, -0.15) is 0 Å². The summed E-state index contributed by atoms with van der Waals surface area (Å²) < 4.78 is 0. The van der Waals surface area contributed by atoms with Crippen LogP contribution in [0.3, 0.4) is 0 Å². The first-order valence-electron chi connectivity index (χ1n) is 5.57. The fraction of sp³-hybridized carbons (Fsp3) is 0.538. The van der Waals surface area contributed by atoms with E-state index in [0.717, 1.165) is 17.9 Å². The lowest BCUT2D eigenvalue weighted by Gasteiger charge is -2.32. The second-order valence-corrected chi connectivity index (χ2v) is 4.87. The van der Waals surface area contributed by atoms with E-state index in [-0.39, 0.29) is 0 Å². The zero-order valence-electron chi connectivity index (χ0n) is 8.32. The summed E-state index contributed by atoms with van der Waals surface area (Å²) >= 11 is 0. The Labute approximate surface area is 84.8 Å². The second kappa shape index (κ2) is 2.83. The van der Waals surface area contributed by atoms with E-state index in [1.165, 1.54) is 19.3 Å². The predicted octanol–water partition coefficient (Wildman–Crippen LogP) is 2.69. The van der Waals surface area contributed by atoms with E-state index in [1.54, 1.807) is 0 Å². The van der Waals surface area contributed by atoms with Crippen molar-refractivity contribution in [1.82, 2.24) is 0 Å². The third kappa shape index (κ3) is 1.05. The topological polar surface area (TPSA) is 20.2 Å². The summed E-state index contributed by atoms with van der Waals surface area (Å²) in [5, 5.41) is 10.7. The first-order chi connectivity index (χ1) is 6.79. The molecule has 74 valence electrons. The summed E-state index contributed by atoms with van der Waals surface area (Å²) in [6.07, 6.45) is 4.78. The normalized spacial score (nSPS) is 40.4. The smallest absolute Gasteiger partial charge is 0.0927 e. The number of aliphatic hydroxyl groups is 1. The minimum Gasteiger partial charge on any atom is -0.385 e. The third-order valence-corrected chi connectivity index (χ3v) is 4.09. The molecule has 3 rings (SSSR count). The van der Waals surface area contributed by atoms with Crippen LogP contribution in [0.4, 0.5) is 0 Å².